The van der Waals surface area contributed by atoms with Crippen molar-refractivity contribution in [1.82, 2.24) is 10.6 Å². The third-order valence-electron chi connectivity index (χ3n) is 2.79. The number of imide groups is 1. The first-order valence-electron chi connectivity index (χ1n) is 6.59. The van der Waals surface area contributed by atoms with Crippen molar-refractivity contribution in [2.24, 2.45) is 0 Å². The molecule has 0 heterocycles. The molecule has 2 N–H and O–H groups in total. The first-order chi connectivity index (χ1) is 10.8. The van der Waals surface area contributed by atoms with E-state index in [2.05, 4.69) is 0 Å². The topological polar surface area (TPSA) is 58.2 Å². The maximum absolute atomic E-state index is 11.9. The molecule has 23 heavy (non-hydrogen) atoms. The molecule has 0 aromatic heterocycles. The summed E-state index contributed by atoms with van der Waals surface area (Å²) in [6.07, 6.45) is -4.51. The summed E-state index contributed by atoms with van der Waals surface area (Å²) in [4.78, 5) is 23.5. The number of hydrogen-bond acceptors (Lipinski definition) is 3. The largest absolute Gasteiger partial charge is 0.405 e. The summed E-state index contributed by atoms with van der Waals surface area (Å²) in [7, 11) is 0. The summed E-state index contributed by atoms with van der Waals surface area (Å²) >= 11 is 1.19. The predicted molar refractivity (Wildman–Crippen MR) is 82.3 cm³/mol. The summed E-state index contributed by atoms with van der Waals surface area (Å²) in [6.45, 7) is -1.48. The molecule has 0 fully saturated rings. The molecule has 0 radical (unpaired) electrons. The van der Waals surface area contributed by atoms with E-state index in [1.807, 2.05) is 47.8 Å². The van der Waals surface area contributed by atoms with Gasteiger partial charge in [0.25, 0.3) is 0 Å². The number of hydrogen-bond donors (Lipinski definition) is 2. The highest BCUT2D eigenvalue weighted by Gasteiger charge is 2.27. The van der Waals surface area contributed by atoms with Gasteiger partial charge in [0.2, 0.25) is 5.91 Å². The van der Waals surface area contributed by atoms with Crippen LogP contribution in [0.4, 0.5) is 18.0 Å². The van der Waals surface area contributed by atoms with Crippen molar-refractivity contribution >= 4 is 34.5 Å². The Morgan fingerprint density at radius 3 is 2.43 bits per heavy atom. The van der Waals surface area contributed by atoms with E-state index in [1.165, 1.54) is 11.8 Å². The zero-order valence-corrected chi connectivity index (χ0v) is 12.6. The maximum atomic E-state index is 11.9. The molecule has 0 aliphatic rings. The quantitative estimate of drug-likeness (QED) is 0.838. The highest BCUT2D eigenvalue weighted by Crippen LogP contribution is 2.23. The lowest BCUT2D eigenvalue weighted by atomic mass is 10.1. The van der Waals surface area contributed by atoms with Crippen LogP contribution in [0.5, 0.6) is 0 Å². The number of carbonyl (C=O) groups is 2. The van der Waals surface area contributed by atoms with Crippen molar-refractivity contribution in [3.8, 4) is 0 Å². The standard InChI is InChI=1S/C15H13F3N2O2S/c16-15(17,18)9-19-14(22)20-13(21)8-23-12-6-5-10-3-1-2-4-11(10)7-12/h1-7H,8-9H2,(H2,19,20,21,22). The van der Waals surface area contributed by atoms with Crippen LogP contribution < -0.4 is 10.6 Å². The van der Waals surface area contributed by atoms with Crippen LogP contribution in [0.15, 0.2) is 47.4 Å². The molecule has 0 bridgehead atoms. The Hall–Kier alpha value is -2.22. The second-order valence-electron chi connectivity index (χ2n) is 4.64. The van der Waals surface area contributed by atoms with Crippen LogP contribution in [-0.4, -0.2) is 30.4 Å². The first kappa shape index (κ1) is 17.1. The normalized spacial score (nSPS) is 11.3. The van der Waals surface area contributed by atoms with Gasteiger partial charge in [0, 0.05) is 4.90 Å². The van der Waals surface area contributed by atoms with Gasteiger partial charge < -0.3 is 5.32 Å². The minimum absolute atomic E-state index is 0.0716. The molecule has 0 aliphatic heterocycles. The molecule has 0 aliphatic carbocycles. The van der Waals surface area contributed by atoms with Gasteiger partial charge in [-0.15, -0.1) is 11.8 Å². The maximum Gasteiger partial charge on any atom is 0.405 e. The Morgan fingerprint density at radius 2 is 1.74 bits per heavy atom. The number of halogens is 3. The fourth-order valence-electron chi connectivity index (χ4n) is 1.79. The summed E-state index contributed by atoms with van der Waals surface area (Å²) < 4.78 is 35.8. The number of fused-ring (bicyclic) bond motifs is 1. The summed E-state index contributed by atoms with van der Waals surface area (Å²) in [5.74, 6) is -0.736. The fourth-order valence-corrected chi connectivity index (χ4v) is 2.54. The molecular formula is C15H13F3N2O2S. The Labute approximate surface area is 134 Å². The van der Waals surface area contributed by atoms with Crippen molar-refractivity contribution in [1.29, 1.82) is 0 Å². The Morgan fingerprint density at radius 1 is 1.04 bits per heavy atom. The second kappa shape index (κ2) is 7.36. The lowest BCUT2D eigenvalue weighted by Crippen LogP contribution is -2.43. The first-order valence-corrected chi connectivity index (χ1v) is 7.58. The van der Waals surface area contributed by atoms with Crippen LogP contribution >= 0.6 is 11.8 Å². The smallest absolute Gasteiger partial charge is 0.329 e. The molecule has 2 aromatic rings. The third kappa shape index (κ3) is 5.82. The van der Waals surface area contributed by atoms with Gasteiger partial charge in [0.05, 0.1) is 5.75 Å². The lowest BCUT2D eigenvalue weighted by Gasteiger charge is -2.09. The zero-order valence-electron chi connectivity index (χ0n) is 11.8. The number of thioether (sulfide) groups is 1. The van der Waals surface area contributed by atoms with E-state index in [0.29, 0.717) is 0 Å². The molecule has 122 valence electrons. The number of rotatable bonds is 4. The van der Waals surface area contributed by atoms with E-state index in [1.54, 1.807) is 5.32 Å². The predicted octanol–water partition coefficient (Wildman–Crippen LogP) is 3.32. The van der Waals surface area contributed by atoms with Gasteiger partial charge in [-0.1, -0.05) is 30.3 Å². The zero-order chi connectivity index (χ0) is 16.9. The number of benzene rings is 2. The Bertz CT molecular complexity index is 719. The molecule has 0 saturated carbocycles. The molecule has 4 nitrogen and oxygen atoms in total. The molecule has 0 saturated heterocycles. The Kier molecular flexibility index (Phi) is 5.49. The average Bonchev–Trinajstić information content (AvgIpc) is 2.50. The van der Waals surface area contributed by atoms with Crippen molar-refractivity contribution in [3.05, 3.63) is 42.5 Å². The minimum Gasteiger partial charge on any atom is -0.329 e. The fraction of sp³-hybridized carbons (Fsp3) is 0.200. The van der Waals surface area contributed by atoms with Crippen LogP contribution in [0.2, 0.25) is 0 Å². The van der Waals surface area contributed by atoms with E-state index >= 15 is 0 Å². The van der Waals surface area contributed by atoms with Gasteiger partial charge in [0.15, 0.2) is 0 Å². The van der Waals surface area contributed by atoms with Gasteiger partial charge in [0.1, 0.15) is 6.54 Å². The molecular weight excluding hydrogens is 329 g/mol. The van der Waals surface area contributed by atoms with Crippen molar-refractivity contribution in [2.75, 3.05) is 12.3 Å². The van der Waals surface area contributed by atoms with Gasteiger partial charge in [-0.2, -0.15) is 13.2 Å². The van der Waals surface area contributed by atoms with Gasteiger partial charge in [-0.3, -0.25) is 10.1 Å². The molecule has 2 aromatic carbocycles. The van der Waals surface area contributed by atoms with Crippen molar-refractivity contribution < 1.29 is 22.8 Å². The van der Waals surface area contributed by atoms with E-state index in [-0.39, 0.29) is 5.75 Å². The molecule has 0 unspecified atom stereocenters. The summed E-state index contributed by atoms with van der Waals surface area (Å²) in [5.41, 5.74) is 0. The van der Waals surface area contributed by atoms with E-state index < -0.39 is 24.7 Å². The SMILES string of the molecule is O=C(CSc1ccc2ccccc2c1)NC(=O)NCC(F)(F)F. The number of carbonyl (C=O) groups excluding carboxylic acids is 2. The lowest BCUT2D eigenvalue weighted by molar-refractivity contribution is -0.124. The van der Waals surface area contributed by atoms with Crippen LogP contribution in [0.1, 0.15) is 0 Å². The Balaban J connectivity index is 1.82. The van der Waals surface area contributed by atoms with Gasteiger partial charge in [-0.05, 0) is 22.9 Å². The number of nitrogens with one attached hydrogen (secondary N) is 2. The van der Waals surface area contributed by atoms with Crippen LogP contribution in [0, 0.1) is 0 Å². The molecule has 0 spiro atoms. The summed E-state index contributed by atoms with van der Waals surface area (Å²) in [6, 6.07) is 12.2. The highest BCUT2D eigenvalue weighted by molar-refractivity contribution is 8.00. The van der Waals surface area contributed by atoms with E-state index in [0.717, 1.165) is 15.7 Å². The van der Waals surface area contributed by atoms with Gasteiger partial charge >= 0.3 is 12.2 Å². The highest BCUT2D eigenvalue weighted by atomic mass is 32.2. The third-order valence-corrected chi connectivity index (χ3v) is 3.79. The van der Waals surface area contributed by atoms with Crippen LogP contribution in [-0.2, 0) is 4.79 Å². The monoisotopic (exact) mass is 342 g/mol. The van der Waals surface area contributed by atoms with E-state index in [9.17, 15) is 22.8 Å². The molecule has 8 heteroatoms. The van der Waals surface area contributed by atoms with Crippen LogP contribution in [0.25, 0.3) is 10.8 Å². The average molecular weight is 342 g/mol. The minimum atomic E-state index is -4.51. The number of alkyl halides is 3. The van der Waals surface area contributed by atoms with Crippen molar-refractivity contribution in [2.45, 2.75) is 11.1 Å². The molecule has 2 rings (SSSR count). The van der Waals surface area contributed by atoms with Crippen LogP contribution in [0.3, 0.4) is 0 Å². The molecule has 0 atom stereocenters. The second-order valence-corrected chi connectivity index (χ2v) is 5.69. The summed E-state index contributed by atoms with van der Waals surface area (Å²) in [5, 5.41) is 5.50. The number of urea groups is 1. The van der Waals surface area contributed by atoms with Crippen molar-refractivity contribution in [3.63, 3.8) is 0 Å². The molecule has 3 amide bonds. The number of amides is 3. The van der Waals surface area contributed by atoms with Gasteiger partial charge in [-0.25, -0.2) is 4.79 Å². The van der Waals surface area contributed by atoms with E-state index in [4.69, 9.17) is 0 Å².